The number of sulfone groups is 1. The topological polar surface area (TPSA) is 73.3 Å². The van der Waals surface area contributed by atoms with Gasteiger partial charge in [-0.05, 0) is 48.9 Å². The molecule has 0 aliphatic rings. The van der Waals surface area contributed by atoms with Crippen LogP contribution in [-0.2, 0) is 9.84 Å². The number of aromatic nitrogens is 1. The van der Waals surface area contributed by atoms with Crippen LogP contribution in [0.3, 0.4) is 0 Å². The molecule has 0 amide bonds. The van der Waals surface area contributed by atoms with Crippen LogP contribution in [0.2, 0.25) is 5.02 Å². The van der Waals surface area contributed by atoms with Crippen LogP contribution >= 0.6 is 23.4 Å². The summed E-state index contributed by atoms with van der Waals surface area (Å²) >= 11 is 7.19. The van der Waals surface area contributed by atoms with Crippen LogP contribution < -0.4 is 0 Å². The first-order chi connectivity index (χ1) is 13.9. The second-order valence-corrected chi connectivity index (χ2v) is 9.83. The van der Waals surface area contributed by atoms with Gasteiger partial charge in [0, 0.05) is 10.3 Å². The van der Waals surface area contributed by atoms with Crippen molar-refractivity contribution < 1.29 is 17.3 Å². The van der Waals surface area contributed by atoms with Crippen LogP contribution in [0.4, 0.5) is 0 Å². The monoisotopic (exact) mass is 445 g/mol. The third kappa shape index (κ3) is 4.12. The van der Waals surface area contributed by atoms with Crippen molar-refractivity contribution in [3.8, 4) is 11.7 Å². The Bertz CT molecular complexity index is 1200. The van der Waals surface area contributed by atoms with Crippen molar-refractivity contribution in [3.05, 3.63) is 83.6 Å². The molecule has 8 heteroatoms. The quantitative estimate of drug-likeness (QED) is 0.325. The second-order valence-electron chi connectivity index (χ2n) is 6.22. The Labute approximate surface area is 177 Å². The average Bonchev–Trinajstić information content (AvgIpc) is 3.39. The van der Waals surface area contributed by atoms with E-state index in [1.807, 2.05) is 37.3 Å². The van der Waals surface area contributed by atoms with Gasteiger partial charge in [-0.3, -0.25) is 0 Å². The van der Waals surface area contributed by atoms with Crippen molar-refractivity contribution in [2.24, 2.45) is 0 Å². The predicted octanol–water partition coefficient (Wildman–Crippen LogP) is 6.27. The standard InChI is InChI=1S/C21H16ClNO4S2/c1-14(15-6-3-2-4-7-15)28-21-20(23-19(27-21)18-8-5-13-26-18)29(24,25)17-11-9-16(22)10-12-17/h2-14H,1H3/t14-/m1/s1. The second kappa shape index (κ2) is 8.10. The highest BCUT2D eigenvalue weighted by Crippen LogP contribution is 2.41. The van der Waals surface area contributed by atoms with Crippen molar-refractivity contribution >= 4 is 33.2 Å². The molecule has 2 heterocycles. The molecule has 2 aromatic carbocycles. The maximum absolute atomic E-state index is 13.3. The van der Waals surface area contributed by atoms with Crippen LogP contribution in [0.1, 0.15) is 17.7 Å². The Hall–Kier alpha value is -2.48. The summed E-state index contributed by atoms with van der Waals surface area (Å²) < 4.78 is 37.7. The molecular weight excluding hydrogens is 430 g/mol. The summed E-state index contributed by atoms with van der Waals surface area (Å²) in [4.78, 5) is 4.36. The van der Waals surface area contributed by atoms with Crippen molar-refractivity contribution in [2.45, 2.75) is 27.2 Å². The molecule has 0 spiro atoms. The maximum atomic E-state index is 13.3. The molecule has 0 N–H and O–H groups in total. The number of benzene rings is 2. The summed E-state index contributed by atoms with van der Waals surface area (Å²) in [5.41, 5.74) is 1.04. The summed E-state index contributed by atoms with van der Waals surface area (Å²) in [6.45, 7) is 1.98. The first-order valence-electron chi connectivity index (χ1n) is 8.72. The molecule has 148 valence electrons. The molecule has 5 nitrogen and oxygen atoms in total. The number of halogens is 1. The number of hydrogen-bond acceptors (Lipinski definition) is 6. The third-order valence-electron chi connectivity index (χ3n) is 4.23. The fraction of sp³-hybridized carbons (Fsp3) is 0.0952. The minimum absolute atomic E-state index is 0.0484. The molecule has 1 atom stereocenters. The number of hydrogen-bond donors (Lipinski definition) is 0. The van der Waals surface area contributed by atoms with E-state index in [9.17, 15) is 8.42 Å². The van der Waals surface area contributed by atoms with E-state index in [-0.39, 0.29) is 26.2 Å². The van der Waals surface area contributed by atoms with Gasteiger partial charge in [0.1, 0.15) is 0 Å². The van der Waals surface area contributed by atoms with Crippen molar-refractivity contribution in [3.63, 3.8) is 0 Å². The Balaban J connectivity index is 1.78. The van der Waals surface area contributed by atoms with Crippen LogP contribution in [0.15, 0.2) is 96.8 Å². The van der Waals surface area contributed by atoms with Gasteiger partial charge in [0.2, 0.25) is 20.0 Å². The molecular formula is C21H16ClNO4S2. The molecule has 4 aromatic rings. The van der Waals surface area contributed by atoms with Gasteiger partial charge in [0.25, 0.3) is 5.89 Å². The Morgan fingerprint density at radius 3 is 2.38 bits per heavy atom. The van der Waals surface area contributed by atoms with Crippen LogP contribution in [-0.4, -0.2) is 13.4 Å². The molecule has 0 unspecified atom stereocenters. The lowest BCUT2D eigenvalue weighted by Gasteiger charge is -2.10. The summed E-state index contributed by atoms with van der Waals surface area (Å²) in [5, 5.41) is 0.474. The van der Waals surface area contributed by atoms with E-state index in [4.69, 9.17) is 20.4 Å². The van der Waals surface area contributed by atoms with Gasteiger partial charge >= 0.3 is 0 Å². The molecule has 0 saturated heterocycles. The Kier molecular flexibility index (Phi) is 5.54. The summed E-state index contributed by atoms with van der Waals surface area (Å²) in [7, 11) is -3.91. The van der Waals surface area contributed by atoms with Gasteiger partial charge in [-0.25, -0.2) is 8.42 Å². The fourth-order valence-electron chi connectivity index (χ4n) is 2.72. The highest BCUT2D eigenvalue weighted by Gasteiger charge is 2.30. The molecule has 0 aliphatic heterocycles. The van der Waals surface area contributed by atoms with Gasteiger partial charge < -0.3 is 8.83 Å². The molecule has 0 fully saturated rings. The molecule has 29 heavy (non-hydrogen) atoms. The Morgan fingerprint density at radius 2 is 1.72 bits per heavy atom. The maximum Gasteiger partial charge on any atom is 0.265 e. The lowest BCUT2D eigenvalue weighted by atomic mass is 10.2. The highest BCUT2D eigenvalue weighted by atomic mass is 35.5. The molecule has 0 saturated carbocycles. The minimum atomic E-state index is -3.91. The van der Waals surface area contributed by atoms with Gasteiger partial charge in [-0.2, -0.15) is 4.98 Å². The van der Waals surface area contributed by atoms with E-state index in [2.05, 4.69) is 4.98 Å². The van der Waals surface area contributed by atoms with Crippen LogP contribution in [0, 0.1) is 0 Å². The van der Waals surface area contributed by atoms with E-state index >= 15 is 0 Å². The van der Waals surface area contributed by atoms with Crippen molar-refractivity contribution in [1.29, 1.82) is 0 Å². The Morgan fingerprint density at radius 1 is 1.00 bits per heavy atom. The number of nitrogens with zero attached hydrogens (tertiary/aromatic N) is 1. The summed E-state index contributed by atoms with van der Waals surface area (Å²) in [6.07, 6.45) is 1.48. The molecule has 0 bridgehead atoms. The average molecular weight is 446 g/mol. The van der Waals surface area contributed by atoms with E-state index in [0.717, 1.165) is 5.56 Å². The van der Waals surface area contributed by atoms with Crippen molar-refractivity contribution in [2.75, 3.05) is 0 Å². The number of furan rings is 1. The zero-order valence-electron chi connectivity index (χ0n) is 15.3. The SMILES string of the molecule is C[C@@H](Sc1oc(-c2ccco2)nc1S(=O)(=O)c1ccc(Cl)cc1)c1ccccc1. The van der Waals surface area contributed by atoms with E-state index in [0.29, 0.717) is 10.8 Å². The molecule has 0 radical (unpaired) electrons. The van der Waals surface area contributed by atoms with E-state index < -0.39 is 9.84 Å². The molecule has 2 aromatic heterocycles. The largest absolute Gasteiger partial charge is 0.459 e. The van der Waals surface area contributed by atoms with Gasteiger partial charge in [0.05, 0.1) is 11.2 Å². The highest BCUT2D eigenvalue weighted by molar-refractivity contribution is 8.00. The summed E-state index contributed by atoms with van der Waals surface area (Å²) in [6, 6.07) is 19.1. The lowest BCUT2D eigenvalue weighted by molar-refractivity contribution is 0.450. The summed E-state index contributed by atoms with van der Waals surface area (Å²) in [5.74, 6) is 0.474. The normalized spacial score (nSPS) is 12.8. The van der Waals surface area contributed by atoms with Crippen LogP contribution in [0.25, 0.3) is 11.7 Å². The van der Waals surface area contributed by atoms with E-state index in [1.54, 1.807) is 12.1 Å². The third-order valence-corrected chi connectivity index (χ3v) is 7.41. The number of thioether (sulfide) groups is 1. The molecule has 4 rings (SSSR count). The van der Waals surface area contributed by atoms with Crippen LogP contribution in [0.5, 0.6) is 0 Å². The first-order valence-corrected chi connectivity index (χ1v) is 11.5. The lowest BCUT2D eigenvalue weighted by Crippen LogP contribution is -2.04. The first kappa shape index (κ1) is 19.8. The van der Waals surface area contributed by atoms with Crippen molar-refractivity contribution in [1.82, 2.24) is 4.98 Å². The van der Waals surface area contributed by atoms with Gasteiger partial charge in [-0.15, -0.1) is 0 Å². The van der Waals surface area contributed by atoms with E-state index in [1.165, 1.54) is 42.3 Å². The fourth-order valence-corrected chi connectivity index (χ4v) is 5.39. The zero-order valence-corrected chi connectivity index (χ0v) is 17.7. The molecule has 0 aliphatic carbocycles. The number of oxazole rings is 1. The smallest absolute Gasteiger partial charge is 0.265 e. The minimum Gasteiger partial charge on any atom is -0.459 e. The number of rotatable bonds is 6. The van der Waals surface area contributed by atoms with Gasteiger partial charge in [-0.1, -0.05) is 53.7 Å². The zero-order chi connectivity index (χ0) is 20.4. The van der Waals surface area contributed by atoms with Gasteiger partial charge in [0.15, 0.2) is 5.76 Å². The predicted molar refractivity (Wildman–Crippen MR) is 112 cm³/mol.